The fourth-order valence-corrected chi connectivity index (χ4v) is 2.36. The second kappa shape index (κ2) is 6.25. The van der Waals surface area contributed by atoms with Crippen molar-refractivity contribution in [3.63, 3.8) is 0 Å². The second-order valence-electron chi connectivity index (χ2n) is 4.43. The van der Waals surface area contributed by atoms with Crippen molar-refractivity contribution < 1.29 is 9.84 Å². The standard InChI is InChI=1S/C15H15Cl2NO2/c1-9(10-3-5-12(20-2)6-4-10)18-11-7-13(16)15(19)14(17)8-11/h3-9,18-19H,1-2H3. The summed E-state index contributed by atoms with van der Waals surface area (Å²) in [5.74, 6) is 0.715. The summed E-state index contributed by atoms with van der Waals surface area (Å²) in [6.45, 7) is 2.02. The molecule has 0 spiro atoms. The van der Waals surface area contributed by atoms with E-state index in [2.05, 4.69) is 5.32 Å². The summed E-state index contributed by atoms with van der Waals surface area (Å²) in [6, 6.07) is 11.1. The lowest BCUT2D eigenvalue weighted by molar-refractivity contribution is 0.414. The van der Waals surface area contributed by atoms with Gasteiger partial charge in [-0.05, 0) is 36.8 Å². The second-order valence-corrected chi connectivity index (χ2v) is 5.24. The zero-order chi connectivity index (χ0) is 14.7. The number of hydrogen-bond acceptors (Lipinski definition) is 3. The van der Waals surface area contributed by atoms with Crippen LogP contribution in [-0.2, 0) is 0 Å². The number of hydrogen-bond donors (Lipinski definition) is 2. The van der Waals surface area contributed by atoms with Crippen LogP contribution in [0.3, 0.4) is 0 Å². The third kappa shape index (κ3) is 3.30. The summed E-state index contributed by atoms with van der Waals surface area (Å²) in [7, 11) is 1.64. The predicted molar refractivity (Wildman–Crippen MR) is 83.2 cm³/mol. The monoisotopic (exact) mass is 311 g/mol. The quantitative estimate of drug-likeness (QED) is 0.791. The number of benzene rings is 2. The number of halogens is 2. The minimum atomic E-state index is -0.101. The normalized spacial score (nSPS) is 12.0. The Morgan fingerprint density at radius 1 is 1.10 bits per heavy atom. The molecule has 0 saturated carbocycles. The van der Waals surface area contributed by atoms with Crippen LogP contribution in [0.1, 0.15) is 18.5 Å². The molecule has 0 aliphatic heterocycles. The Morgan fingerprint density at radius 2 is 1.65 bits per heavy atom. The molecular weight excluding hydrogens is 297 g/mol. The number of ether oxygens (including phenoxy) is 1. The maximum absolute atomic E-state index is 9.53. The molecule has 0 radical (unpaired) electrons. The molecule has 0 fully saturated rings. The molecule has 106 valence electrons. The van der Waals surface area contributed by atoms with Crippen molar-refractivity contribution >= 4 is 28.9 Å². The summed E-state index contributed by atoms with van der Waals surface area (Å²) < 4.78 is 5.13. The van der Waals surface area contributed by atoms with E-state index in [1.165, 1.54) is 0 Å². The zero-order valence-electron chi connectivity index (χ0n) is 11.2. The van der Waals surface area contributed by atoms with E-state index in [0.29, 0.717) is 0 Å². The Bertz CT molecular complexity index is 576. The number of methoxy groups -OCH3 is 1. The number of nitrogens with one attached hydrogen (secondary N) is 1. The van der Waals surface area contributed by atoms with Crippen LogP contribution in [0, 0.1) is 0 Å². The Morgan fingerprint density at radius 3 is 2.15 bits per heavy atom. The summed E-state index contributed by atoms with van der Waals surface area (Å²) >= 11 is 11.8. The van der Waals surface area contributed by atoms with E-state index in [9.17, 15) is 5.11 Å². The number of aromatic hydroxyl groups is 1. The van der Waals surface area contributed by atoms with Crippen LogP contribution in [0.2, 0.25) is 10.0 Å². The van der Waals surface area contributed by atoms with Crippen molar-refractivity contribution in [3.05, 3.63) is 52.0 Å². The highest BCUT2D eigenvalue weighted by molar-refractivity contribution is 6.37. The zero-order valence-corrected chi connectivity index (χ0v) is 12.7. The summed E-state index contributed by atoms with van der Waals surface area (Å²) in [5.41, 5.74) is 1.85. The SMILES string of the molecule is COc1ccc(C(C)Nc2cc(Cl)c(O)c(Cl)c2)cc1. The van der Waals surface area contributed by atoms with Gasteiger partial charge in [-0.15, -0.1) is 0 Å². The van der Waals surface area contributed by atoms with Gasteiger partial charge >= 0.3 is 0 Å². The Kier molecular flexibility index (Phi) is 4.63. The van der Waals surface area contributed by atoms with Gasteiger partial charge in [0.2, 0.25) is 0 Å². The summed E-state index contributed by atoms with van der Waals surface area (Å²) in [4.78, 5) is 0. The van der Waals surface area contributed by atoms with E-state index in [1.54, 1.807) is 19.2 Å². The molecule has 1 atom stereocenters. The van der Waals surface area contributed by atoms with Gasteiger partial charge in [0, 0.05) is 11.7 Å². The molecule has 5 heteroatoms. The highest BCUT2D eigenvalue weighted by Gasteiger charge is 2.10. The van der Waals surface area contributed by atoms with Gasteiger partial charge in [-0.1, -0.05) is 35.3 Å². The first kappa shape index (κ1) is 14.8. The molecule has 2 aromatic rings. The first-order valence-corrected chi connectivity index (χ1v) is 6.85. The molecule has 3 nitrogen and oxygen atoms in total. The van der Waals surface area contributed by atoms with Crippen LogP contribution < -0.4 is 10.1 Å². The van der Waals surface area contributed by atoms with Crippen molar-refractivity contribution in [1.29, 1.82) is 0 Å². The van der Waals surface area contributed by atoms with Gasteiger partial charge < -0.3 is 15.2 Å². The maximum Gasteiger partial charge on any atom is 0.152 e. The molecule has 0 saturated heterocycles. The summed E-state index contributed by atoms with van der Waals surface area (Å²) in [6.07, 6.45) is 0. The van der Waals surface area contributed by atoms with Crippen LogP contribution in [0.15, 0.2) is 36.4 Å². The van der Waals surface area contributed by atoms with Crippen LogP contribution in [0.4, 0.5) is 5.69 Å². The molecule has 0 amide bonds. The third-order valence-electron chi connectivity index (χ3n) is 3.02. The van der Waals surface area contributed by atoms with Crippen LogP contribution in [0.5, 0.6) is 11.5 Å². The molecule has 0 aliphatic carbocycles. The number of anilines is 1. The topological polar surface area (TPSA) is 41.5 Å². The molecule has 0 aromatic heterocycles. The Hall–Kier alpha value is -1.58. The van der Waals surface area contributed by atoms with E-state index >= 15 is 0 Å². The highest BCUT2D eigenvalue weighted by atomic mass is 35.5. The molecule has 0 bridgehead atoms. The van der Waals surface area contributed by atoms with E-state index in [-0.39, 0.29) is 21.8 Å². The molecule has 2 rings (SSSR count). The molecule has 2 N–H and O–H groups in total. The lowest BCUT2D eigenvalue weighted by Gasteiger charge is -2.17. The van der Waals surface area contributed by atoms with Gasteiger partial charge in [-0.3, -0.25) is 0 Å². The largest absolute Gasteiger partial charge is 0.505 e. The van der Waals surface area contributed by atoms with Crippen LogP contribution in [-0.4, -0.2) is 12.2 Å². The fourth-order valence-electron chi connectivity index (χ4n) is 1.87. The van der Waals surface area contributed by atoms with Crippen molar-refractivity contribution in [1.82, 2.24) is 0 Å². The lowest BCUT2D eigenvalue weighted by Crippen LogP contribution is -2.06. The van der Waals surface area contributed by atoms with E-state index in [1.807, 2.05) is 31.2 Å². The molecule has 0 heterocycles. The molecule has 0 aliphatic rings. The van der Waals surface area contributed by atoms with E-state index in [0.717, 1.165) is 17.0 Å². The Balaban J connectivity index is 2.16. The molecule has 2 aromatic carbocycles. The van der Waals surface area contributed by atoms with Gasteiger partial charge in [0.25, 0.3) is 0 Å². The summed E-state index contributed by atoms with van der Waals surface area (Å²) in [5, 5.41) is 13.3. The van der Waals surface area contributed by atoms with Crippen molar-refractivity contribution in [2.75, 3.05) is 12.4 Å². The highest BCUT2D eigenvalue weighted by Crippen LogP contribution is 2.35. The molecular formula is C15H15Cl2NO2. The smallest absolute Gasteiger partial charge is 0.152 e. The van der Waals surface area contributed by atoms with Gasteiger partial charge in [0.1, 0.15) is 5.75 Å². The van der Waals surface area contributed by atoms with Gasteiger partial charge in [0.15, 0.2) is 5.75 Å². The van der Waals surface area contributed by atoms with Crippen molar-refractivity contribution in [2.45, 2.75) is 13.0 Å². The van der Waals surface area contributed by atoms with Gasteiger partial charge in [-0.25, -0.2) is 0 Å². The Labute approximate surface area is 128 Å². The lowest BCUT2D eigenvalue weighted by atomic mass is 10.1. The average molecular weight is 312 g/mol. The van der Waals surface area contributed by atoms with E-state index in [4.69, 9.17) is 27.9 Å². The van der Waals surface area contributed by atoms with Crippen molar-refractivity contribution in [3.8, 4) is 11.5 Å². The first-order chi connectivity index (χ1) is 9.51. The predicted octanol–water partition coefficient (Wildman–Crippen LogP) is 4.88. The maximum atomic E-state index is 9.53. The third-order valence-corrected chi connectivity index (χ3v) is 3.59. The average Bonchev–Trinajstić information content (AvgIpc) is 2.44. The minimum absolute atomic E-state index is 0.0672. The minimum Gasteiger partial charge on any atom is -0.505 e. The van der Waals surface area contributed by atoms with Crippen LogP contribution >= 0.6 is 23.2 Å². The van der Waals surface area contributed by atoms with Crippen molar-refractivity contribution in [2.24, 2.45) is 0 Å². The van der Waals surface area contributed by atoms with Gasteiger partial charge in [-0.2, -0.15) is 0 Å². The fraction of sp³-hybridized carbons (Fsp3) is 0.200. The number of rotatable bonds is 4. The van der Waals surface area contributed by atoms with E-state index < -0.39 is 0 Å². The first-order valence-electron chi connectivity index (χ1n) is 6.09. The number of phenols is 1. The molecule has 20 heavy (non-hydrogen) atoms. The molecule has 1 unspecified atom stereocenters. The van der Waals surface area contributed by atoms with Gasteiger partial charge in [0.05, 0.1) is 17.2 Å². The number of phenolic OH excluding ortho intramolecular Hbond substituents is 1. The van der Waals surface area contributed by atoms with Crippen LogP contribution in [0.25, 0.3) is 0 Å².